The average Bonchev–Trinajstić information content (AvgIpc) is 3.23. The number of carbonyl (C=O) groups excluding carboxylic acids is 1. The summed E-state index contributed by atoms with van der Waals surface area (Å²) in [6.45, 7) is 2.03. The number of amides is 1. The number of aliphatic hydroxyl groups excluding tert-OH is 2. The number of nitrogens with zero attached hydrogens (tertiary/aromatic N) is 2. The molecule has 0 fully saturated rings. The first-order valence-electron chi connectivity index (χ1n) is 10.4. The summed E-state index contributed by atoms with van der Waals surface area (Å²) in [7, 11) is -2.38. The van der Waals surface area contributed by atoms with Crippen LogP contribution in [0.2, 0.25) is 0 Å². The minimum Gasteiger partial charge on any atom is -0.508 e. The van der Waals surface area contributed by atoms with Crippen molar-refractivity contribution < 1.29 is 32.9 Å². The number of unbranched alkanes of at least 4 members (excludes halogenated alkanes) is 2. The van der Waals surface area contributed by atoms with Crippen LogP contribution in [0.5, 0.6) is 5.75 Å². The number of anilines is 1. The van der Waals surface area contributed by atoms with Crippen molar-refractivity contribution in [2.24, 2.45) is 0 Å². The lowest BCUT2D eigenvalue weighted by Gasteiger charge is -2.28. The van der Waals surface area contributed by atoms with Crippen molar-refractivity contribution >= 4 is 21.9 Å². The van der Waals surface area contributed by atoms with Crippen molar-refractivity contribution in [3.05, 3.63) is 41.8 Å². The van der Waals surface area contributed by atoms with Gasteiger partial charge < -0.3 is 25.1 Å². The monoisotopic (exact) mass is 469 g/mol. The van der Waals surface area contributed by atoms with E-state index in [2.05, 4.69) is 10.3 Å². The molecule has 0 aliphatic rings. The summed E-state index contributed by atoms with van der Waals surface area (Å²) in [5.74, 6) is -0.606. The van der Waals surface area contributed by atoms with Crippen molar-refractivity contribution in [2.75, 3.05) is 17.6 Å². The first-order valence-corrected chi connectivity index (χ1v) is 12.2. The Morgan fingerprint density at radius 2 is 1.88 bits per heavy atom. The van der Waals surface area contributed by atoms with E-state index in [0.717, 1.165) is 41.7 Å². The SMILES string of the molecule is CCCCCC(O)C(O)C(Cc1ccc(O)cc1)NC(=O)c1coc(N(C)S(C)(=O)=O)n1. The first kappa shape index (κ1) is 25.6. The van der Waals surface area contributed by atoms with Gasteiger partial charge in [0.05, 0.1) is 18.4 Å². The van der Waals surface area contributed by atoms with Crippen molar-refractivity contribution in [1.82, 2.24) is 10.3 Å². The Morgan fingerprint density at radius 1 is 1.22 bits per heavy atom. The van der Waals surface area contributed by atoms with Gasteiger partial charge in [0.15, 0.2) is 5.69 Å². The molecular weight excluding hydrogens is 438 g/mol. The largest absolute Gasteiger partial charge is 0.508 e. The van der Waals surface area contributed by atoms with Crippen LogP contribution in [0.3, 0.4) is 0 Å². The molecule has 0 saturated carbocycles. The number of sulfonamides is 1. The van der Waals surface area contributed by atoms with Gasteiger partial charge in [0.25, 0.3) is 5.91 Å². The van der Waals surface area contributed by atoms with Gasteiger partial charge in [-0.3, -0.25) is 4.79 Å². The smallest absolute Gasteiger partial charge is 0.311 e. The Morgan fingerprint density at radius 3 is 2.47 bits per heavy atom. The maximum absolute atomic E-state index is 12.7. The number of aromatic hydroxyl groups is 1. The highest BCUT2D eigenvalue weighted by Gasteiger charge is 2.29. The van der Waals surface area contributed by atoms with Gasteiger partial charge in [-0.05, 0) is 30.5 Å². The van der Waals surface area contributed by atoms with Crippen molar-refractivity contribution in [1.29, 1.82) is 0 Å². The third kappa shape index (κ3) is 7.21. The summed E-state index contributed by atoms with van der Waals surface area (Å²) in [6, 6.07) is 5.15. The second-order valence-corrected chi connectivity index (χ2v) is 9.76. The molecule has 2 rings (SSSR count). The molecule has 0 aliphatic heterocycles. The molecule has 32 heavy (non-hydrogen) atoms. The van der Waals surface area contributed by atoms with Gasteiger partial charge in [0.2, 0.25) is 10.0 Å². The summed E-state index contributed by atoms with van der Waals surface area (Å²) >= 11 is 0. The standard InChI is InChI=1S/C21H31N3O7S/c1-4-5-6-7-18(26)19(27)16(12-14-8-10-15(25)11-9-14)22-20(28)17-13-31-21(23-17)24(2)32(3,29)30/h8-11,13,16,18-19,25-27H,4-7,12H2,1-3H3,(H,22,28). The number of benzene rings is 1. The number of aromatic nitrogens is 1. The van der Waals surface area contributed by atoms with E-state index in [1.807, 2.05) is 6.92 Å². The van der Waals surface area contributed by atoms with Gasteiger partial charge in [0.1, 0.15) is 18.1 Å². The normalized spacial score (nSPS) is 14.5. The third-order valence-corrected chi connectivity index (χ3v) is 6.26. The second-order valence-electron chi connectivity index (χ2n) is 7.75. The summed E-state index contributed by atoms with van der Waals surface area (Å²) in [5, 5.41) is 33.3. The molecule has 178 valence electrons. The maximum Gasteiger partial charge on any atom is 0.311 e. The topological polar surface area (TPSA) is 153 Å². The summed E-state index contributed by atoms with van der Waals surface area (Å²) < 4.78 is 29.2. The van der Waals surface area contributed by atoms with Crippen LogP contribution in [0.25, 0.3) is 0 Å². The molecule has 3 unspecified atom stereocenters. The molecule has 4 N–H and O–H groups in total. The molecule has 1 heterocycles. The van der Waals surface area contributed by atoms with Gasteiger partial charge >= 0.3 is 6.01 Å². The number of phenolic OH excluding ortho intramolecular Hbond substituents is 1. The number of hydrogen-bond acceptors (Lipinski definition) is 8. The highest BCUT2D eigenvalue weighted by atomic mass is 32.2. The van der Waals surface area contributed by atoms with E-state index in [4.69, 9.17) is 4.42 Å². The number of phenols is 1. The third-order valence-electron chi connectivity index (χ3n) is 5.11. The van der Waals surface area contributed by atoms with Crippen LogP contribution in [0.15, 0.2) is 34.9 Å². The molecule has 0 bridgehead atoms. The average molecular weight is 470 g/mol. The minimum absolute atomic E-state index is 0.0830. The minimum atomic E-state index is -3.62. The molecule has 0 spiro atoms. The molecule has 11 heteroatoms. The summed E-state index contributed by atoms with van der Waals surface area (Å²) in [6.07, 6.45) is 2.87. The van der Waals surface area contributed by atoms with Crippen LogP contribution < -0.4 is 9.62 Å². The molecule has 10 nitrogen and oxygen atoms in total. The van der Waals surface area contributed by atoms with E-state index in [9.17, 15) is 28.5 Å². The van der Waals surface area contributed by atoms with Gasteiger partial charge in [0, 0.05) is 7.05 Å². The lowest BCUT2D eigenvalue weighted by atomic mass is 9.95. The van der Waals surface area contributed by atoms with Crippen molar-refractivity contribution in [3.63, 3.8) is 0 Å². The highest BCUT2D eigenvalue weighted by molar-refractivity contribution is 7.92. The first-order chi connectivity index (χ1) is 15.0. The second kappa shape index (κ2) is 11.3. The van der Waals surface area contributed by atoms with E-state index >= 15 is 0 Å². The molecule has 2 aromatic rings. The number of rotatable bonds is 12. The fourth-order valence-electron chi connectivity index (χ4n) is 3.08. The molecule has 0 aliphatic carbocycles. The fourth-order valence-corrected chi connectivity index (χ4v) is 3.45. The van der Waals surface area contributed by atoms with Gasteiger partial charge in [-0.2, -0.15) is 4.98 Å². The van der Waals surface area contributed by atoms with E-state index in [1.54, 1.807) is 12.1 Å². The predicted molar refractivity (Wildman–Crippen MR) is 119 cm³/mol. The molecule has 1 amide bonds. The maximum atomic E-state index is 12.7. The zero-order valence-corrected chi connectivity index (χ0v) is 19.2. The van der Waals surface area contributed by atoms with E-state index in [-0.39, 0.29) is 23.9 Å². The zero-order valence-electron chi connectivity index (χ0n) is 18.4. The lowest BCUT2D eigenvalue weighted by Crippen LogP contribution is -2.50. The van der Waals surface area contributed by atoms with Crippen LogP contribution in [-0.2, 0) is 16.4 Å². The van der Waals surface area contributed by atoms with Crippen LogP contribution in [-0.4, -0.2) is 66.2 Å². The number of hydrogen-bond donors (Lipinski definition) is 4. The number of aliphatic hydroxyl groups is 2. The van der Waals surface area contributed by atoms with Gasteiger partial charge in [-0.1, -0.05) is 38.3 Å². The Labute approximate surface area is 187 Å². The van der Waals surface area contributed by atoms with Crippen molar-refractivity contribution in [3.8, 4) is 5.75 Å². The summed E-state index contributed by atoms with van der Waals surface area (Å²) in [5.41, 5.74) is 0.560. The van der Waals surface area contributed by atoms with Crippen LogP contribution in [0, 0.1) is 0 Å². The molecule has 0 saturated heterocycles. The predicted octanol–water partition coefficient (Wildman–Crippen LogP) is 1.42. The molecule has 1 aromatic heterocycles. The van der Waals surface area contributed by atoms with E-state index < -0.39 is 34.2 Å². The van der Waals surface area contributed by atoms with Gasteiger partial charge in [-0.15, -0.1) is 0 Å². The Bertz CT molecular complexity index is 976. The summed E-state index contributed by atoms with van der Waals surface area (Å²) in [4.78, 5) is 16.6. The Kier molecular flexibility index (Phi) is 9.05. The van der Waals surface area contributed by atoms with Gasteiger partial charge in [-0.25, -0.2) is 12.7 Å². The molecule has 0 radical (unpaired) electrons. The van der Waals surface area contributed by atoms with Crippen molar-refractivity contribution in [2.45, 2.75) is 57.3 Å². The van der Waals surface area contributed by atoms with Crippen LogP contribution in [0.4, 0.5) is 6.01 Å². The molecule has 1 aromatic carbocycles. The van der Waals surface area contributed by atoms with E-state index in [0.29, 0.717) is 6.42 Å². The fraction of sp³-hybridized carbons (Fsp3) is 0.524. The molecular formula is C21H31N3O7S. The lowest BCUT2D eigenvalue weighted by molar-refractivity contribution is -0.00834. The quantitative estimate of drug-likeness (QED) is 0.340. The Hall–Kier alpha value is -2.63. The molecule has 3 atom stereocenters. The Balaban J connectivity index is 2.18. The number of oxazole rings is 1. The number of nitrogens with one attached hydrogen (secondary N) is 1. The number of carbonyl (C=O) groups is 1. The highest BCUT2D eigenvalue weighted by Crippen LogP contribution is 2.18. The zero-order chi connectivity index (χ0) is 23.9. The van der Waals surface area contributed by atoms with E-state index in [1.165, 1.54) is 19.2 Å². The van der Waals surface area contributed by atoms with Crippen LogP contribution in [0.1, 0.15) is 48.7 Å². The van der Waals surface area contributed by atoms with Crippen LogP contribution >= 0.6 is 0 Å².